The van der Waals surface area contributed by atoms with Crippen LogP contribution >= 0.6 is 0 Å². The summed E-state index contributed by atoms with van der Waals surface area (Å²) in [5.41, 5.74) is 2.16. The minimum Gasteiger partial charge on any atom is -0.321 e. The summed E-state index contributed by atoms with van der Waals surface area (Å²) in [7, 11) is 4.00. The van der Waals surface area contributed by atoms with Crippen molar-refractivity contribution < 1.29 is 4.79 Å². The van der Waals surface area contributed by atoms with Crippen molar-refractivity contribution in [1.82, 2.24) is 20.3 Å². The molecule has 6 heteroatoms. The van der Waals surface area contributed by atoms with E-state index in [1.54, 1.807) is 0 Å². The first-order valence-electron chi connectivity index (χ1n) is 5.56. The summed E-state index contributed by atoms with van der Waals surface area (Å²) in [6, 6.07) is 7.72. The van der Waals surface area contributed by atoms with Crippen LogP contribution in [0.15, 0.2) is 30.5 Å². The first-order valence-corrected chi connectivity index (χ1v) is 5.56. The first kappa shape index (κ1) is 12.3. The van der Waals surface area contributed by atoms with Crippen LogP contribution in [0.4, 0.5) is 5.69 Å². The van der Waals surface area contributed by atoms with Gasteiger partial charge in [-0.15, -0.1) is 0 Å². The van der Waals surface area contributed by atoms with Crippen molar-refractivity contribution in [2.24, 2.45) is 0 Å². The summed E-state index contributed by atoms with van der Waals surface area (Å²) in [5, 5.41) is 12.5. The Morgan fingerprint density at radius 3 is 2.94 bits per heavy atom. The molecule has 6 nitrogen and oxygen atoms in total. The van der Waals surface area contributed by atoms with Crippen LogP contribution in [0.2, 0.25) is 0 Å². The molecule has 0 aliphatic heterocycles. The highest BCUT2D eigenvalue weighted by Gasteiger charge is 2.08. The van der Waals surface area contributed by atoms with Gasteiger partial charge in [-0.25, -0.2) is 0 Å². The number of hydrogen-bond donors (Lipinski definition) is 2. The molecule has 0 atom stereocenters. The van der Waals surface area contributed by atoms with Gasteiger partial charge in [0.1, 0.15) is 0 Å². The van der Waals surface area contributed by atoms with Crippen LogP contribution in [0, 0.1) is 0 Å². The molecule has 1 heterocycles. The van der Waals surface area contributed by atoms with Crippen LogP contribution < -0.4 is 5.32 Å². The number of benzene rings is 1. The molecule has 0 saturated heterocycles. The molecule has 2 N–H and O–H groups in total. The van der Waals surface area contributed by atoms with Gasteiger partial charge < -0.3 is 10.2 Å². The van der Waals surface area contributed by atoms with Gasteiger partial charge in [0, 0.05) is 12.2 Å². The fraction of sp³-hybridized carbons (Fsp3) is 0.250. The Labute approximate surface area is 105 Å². The minimum atomic E-state index is -0.272. The lowest BCUT2D eigenvalue weighted by Crippen LogP contribution is -2.14. The zero-order valence-corrected chi connectivity index (χ0v) is 10.3. The standard InChI is InChI=1S/C12H15N5O/c1-17(2)8-9-4-3-5-10(6-9)14-12(18)11-7-13-16-15-11/h3-7H,8H2,1-2H3,(H,14,18)(H,13,15,16). The highest BCUT2D eigenvalue weighted by molar-refractivity contribution is 6.02. The molecule has 0 saturated carbocycles. The smallest absolute Gasteiger partial charge is 0.277 e. The number of amides is 1. The Balaban J connectivity index is 2.07. The molecule has 18 heavy (non-hydrogen) atoms. The highest BCUT2D eigenvalue weighted by atomic mass is 16.2. The van der Waals surface area contributed by atoms with Crippen molar-refractivity contribution in [2.75, 3.05) is 19.4 Å². The number of carbonyl (C=O) groups excluding carboxylic acids is 1. The van der Waals surface area contributed by atoms with E-state index >= 15 is 0 Å². The van der Waals surface area contributed by atoms with Crippen molar-refractivity contribution in [2.45, 2.75) is 6.54 Å². The predicted molar refractivity (Wildman–Crippen MR) is 68.2 cm³/mol. The van der Waals surface area contributed by atoms with Crippen LogP contribution in [0.3, 0.4) is 0 Å². The van der Waals surface area contributed by atoms with E-state index in [0.29, 0.717) is 0 Å². The molecule has 0 unspecified atom stereocenters. The SMILES string of the molecule is CN(C)Cc1cccc(NC(=O)c2cn[nH]n2)c1. The van der Waals surface area contributed by atoms with Gasteiger partial charge in [0.15, 0.2) is 5.69 Å². The summed E-state index contributed by atoms with van der Waals surface area (Å²) in [5.74, 6) is -0.272. The second-order valence-corrected chi connectivity index (χ2v) is 4.25. The van der Waals surface area contributed by atoms with E-state index in [4.69, 9.17) is 0 Å². The number of aromatic amines is 1. The van der Waals surface area contributed by atoms with Crippen LogP contribution in [-0.2, 0) is 6.54 Å². The molecule has 0 aliphatic carbocycles. The lowest BCUT2D eigenvalue weighted by molar-refractivity contribution is 0.102. The molecule has 1 aromatic carbocycles. The number of hydrogen-bond acceptors (Lipinski definition) is 4. The molecule has 0 radical (unpaired) electrons. The zero-order chi connectivity index (χ0) is 13.0. The van der Waals surface area contributed by atoms with Gasteiger partial charge in [-0.1, -0.05) is 12.1 Å². The van der Waals surface area contributed by atoms with Crippen molar-refractivity contribution >= 4 is 11.6 Å². The van der Waals surface area contributed by atoms with E-state index in [-0.39, 0.29) is 11.6 Å². The largest absolute Gasteiger partial charge is 0.321 e. The lowest BCUT2D eigenvalue weighted by atomic mass is 10.2. The first-order chi connectivity index (χ1) is 8.65. The average Bonchev–Trinajstić information content (AvgIpc) is 2.81. The van der Waals surface area contributed by atoms with Crippen LogP contribution in [0.25, 0.3) is 0 Å². The van der Waals surface area contributed by atoms with Crippen LogP contribution in [0.1, 0.15) is 16.1 Å². The van der Waals surface area contributed by atoms with E-state index in [0.717, 1.165) is 17.8 Å². The predicted octanol–water partition coefficient (Wildman–Crippen LogP) is 1.12. The third-order valence-corrected chi connectivity index (χ3v) is 2.33. The summed E-state index contributed by atoms with van der Waals surface area (Å²) in [4.78, 5) is 13.8. The van der Waals surface area contributed by atoms with E-state index < -0.39 is 0 Å². The lowest BCUT2D eigenvalue weighted by Gasteiger charge is -2.11. The maximum Gasteiger partial charge on any atom is 0.277 e. The molecule has 94 valence electrons. The summed E-state index contributed by atoms with van der Waals surface area (Å²) < 4.78 is 0. The molecule has 2 rings (SSSR count). The summed E-state index contributed by atoms with van der Waals surface area (Å²) >= 11 is 0. The summed E-state index contributed by atoms with van der Waals surface area (Å²) in [6.45, 7) is 0.827. The Kier molecular flexibility index (Phi) is 3.69. The molecule has 0 fully saturated rings. The van der Waals surface area contributed by atoms with Crippen LogP contribution in [-0.4, -0.2) is 40.3 Å². The second kappa shape index (κ2) is 5.42. The maximum atomic E-state index is 11.8. The van der Waals surface area contributed by atoms with Crippen molar-refractivity contribution in [3.63, 3.8) is 0 Å². The van der Waals surface area contributed by atoms with Gasteiger partial charge in [-0.05, 0) is 31.8 Å². The van der Waals surface area contributed by atoms with Crippen molar-refractivity contribution in [1.29, 1.82) is 0 Å². The molecular weight excluding hydrogens is 230 g/mol. The number of nitrogens with zero attached hydrogens (tertiary/aromatic N) is 3. The molecule has 0 aliphatic rings. The Morgan fingerprint density at radius 2 is 2.28 bits per heavy atom. The Hall–Kier alpha value is -2.21. The fourth-order valence-electron chi connectivity index (χ4n) is 1.62. The Bertz CT molecular complexity index is 521. The van der Waals surface area contributed by atoms with Crippen molar-refractivity contribution in [3.05, 3.63) is 41.7 Å². The van der Waals surface area contributed by atoms with Crippen LogP contribution in [0.5, 0.6) is 0 Å². The third-order valence-electron chi connectivity index (χ3n) is 2.33. The van der Waals surface area contributed by atoms with Gasteiger partial charge in [0.25, 0.3) is 5.91 Å². The van der Waals surface area contributed by atoms with E-state index in [9.17, 15) is 4.79 Å². The normalized spacial score (nSPS) is 10.6. The maximum absolute atomic E-state index is 11.8. The molecule has 0 spiro atoms. The van der Waals surface area contributed by atoms with Gasteiger partial charge in [-0.2, -0.15) is 15.4 Å². The molecular formula is C12H15N5O. The molecule has 2 aromatic rings. The number of carbonyl (C=O) groups is 1. The summed E-state index contributed by atoms with van der Waals surface area (Å²) in [6.07, 6.45) is 1.39. The molecule has 0 bridgehead atoms. The number of anilines is 1. The highest BCUT2D eigenvalue weighted by Crippen LogP contribution is 2.12. The van der Waals surface area contributed by atoms with Gasteiger partial charge in [-0.3, -0.25) is 4.79 Å². The number of nitrogens with one attached hydrogen (secondary N) is 2. The molecule has 1 aromatic heterocycles. The topological polar surface area (TPSA) is 73.9 Å². The fourth-order valence-corrected chi connectivity index (χ4v) is 1.62. The third kappa shape index (κ3) is 3.14. The monoisotopic (exact) mass is 245 g/mol. The van der Waals surface area contributed by atoms with E-state index in [1.165, 1.54) is 6.20 Å². The number of rotatable bonds is 4. The van der Waals surface area contributed by atoms with Gasteiger partial charge in [0.2, 0.25) is 0 Å². The van der Waals surface area contributed by atoms with E-state index in [1.807, 2.05) is 38.4 Å². The average molecular weight is 245 g/mol. The van der Waals surface area contributed by atoms with Gasteiger partial charge in [0.05, 0.1) is 6.20 Å². The second-order valence-electron chi connectivity index (χ2n) is 4.25. The quantitative estimate of drug-likeness (QED) is 0.846. The number of H-pyrrole nitrogens is 1. The van der Waals surface area contributed by atoms with Gasteiger partial charge >= 0.3 is 0 Å². The van der Waals surface area contributed by atoms with Crippen molar-refractivity contribution in [3.8, 4) is 0 Å². The minimum absolute atomic E-state index is 0.271. The zero-order valence-electron chi connectivity index (χ0n) is 10.3. The Morgan fingerprint density at radius 1 is 1.44 bits per heavy atom. The number of aromatic nitrogens is 3. The van der Waals surface area contributed by atoms with E-state index in [2.05, 4.69) is 25.6 Å². The molecule has 1 amide bonds.